The maximum absolute atomic E-state index is 11.6. The first-order valence-corrected chi connectivity index (χ1v) is 5.17. The molecule has 0 bridgehead atoms. The second kappa shape index (κ2) is 3.87. The fraction of sp³-hybridized carbons (Fsp3) is 0.900. The number of carbonyl (C=O) groups excluding carboxylic acids is 1. The Morgan fingerprint density at radius 1 is 1.43 bits per heavy atom. The number of amides is 1. The Kier molecular flexibility index (Phi) is 3.17. The largest absolute Gasteiger partial charge is 0.327 e. The van der Waals surface area contributed by atoms with Gasteiger partial charge in [0.2, 0.25) is 5.91 Å². The first-order valence-electron chi connectivity index (χ1n) is 5.17. The van der Waals surface area contributed by atoms with E-state index in [4.69, 9.17) is 11.6 Å². The molecule has 1 aliphatic rings. The summed E-state index contributed by atoms with van der Waals surface area (Å²) in [7, 11) is 0. The van der Waals surface area contributed by atoms with E-state index in [1.54, 1.807) is 0 Å². The molecule has 0 heterocycles. The molecule has 3 atom stereocenters. The summed E-state index contributed by atoms with van der Waals surface area (Å²) < 4.78 is 0. The van der Waals surface area contributed by atoms with E-state index in [9.17, 15) is 4.79 Å². The van der Waals surface area contributed by atoms with Gasteiger partial charge in [0.05, 0.1) is 0 Å². The van der Waals surface area contributed by atoms with Gasteiger partial charge in [0.25, 0.3) is 0 Å². The first kappa shape index (κ1) is 11.5. The van der Waals surface area contributed by atoms with Crippen molar-refractivity contribution < 1.29 is 4.79 Å². The lowest BCUT2D eigenvalue weighted by molar-refractivity contribution is -0.132. The Morgan fingerprint density at radius 2 is 2.00 bits per heavy atom. The third-order valence-electron chi connectivity index (χ3n) is 3.96. The summed E-state index contributed by atoms with van der Waals surface area (Å²) in [6.07, 6.45) is 1.74. The van der Waals surface area contributed by atoms with E-state index in [1.165, 1.54) is 0 Å². The maximum atomic E-state index is 11.6. The molecular formula is C10H21N3O. The van der Waals surface area contributed by atoms with Crippen LogP contribution in [0.25, 0.3) is 0 Å². The molecule has 0 saturated heterocycles. The molecule has 3 unspecified atom stereocenters. The molecule has 5 N–H and O–H groups in total. The molecule has 1 saturated carbocycles. The Balaban J connectivity index is 2.84. The van der Waals surface area contributed by atoms with Gasteiger partial charge < -0.3 is 5.73 Å². The van der Waals surface area contributed by atoms with Crippen molar-refractivity contribution in [1.82, 2.24) is 5.43 Å². The van der Waals surface area contributed by atoms with Crippen molar-refractivity contribution in [3.63, 3.8) is 0 Å². The van der Waals surface area contributed by atoms with Crippen LogP contribution in [-0.2, 0) is 4.79 Å². The van der Waals surface area contributed by atoms with Gasteiger partial charge in [0, 0.05) is 12.0 Å². The lowest BCUT2D eigenvalue weighted by atomic mass is 9.61. The molecule has 0 aromatic carbocycles. The minimum atomic E-state index is -0.0683. The van der Waals surface area contributed by atoms with Gasteiger partial charge in [-0.15, -0.1) is 0 Å². The van der Waals surface area contributed by atoms with Crippen LogP contribution in [0.1, 0.15) is 33.6 Å². The normalized spacial score (nSPS) is 36.5. The highest BCUT2D eigenvalue weighted by Gasteiger charge is 2.44. The number of hydrazine groups is 1. The SMILES string of the molecule is CC1C(N)CCC(C(=O)NN)C1(C)C. The number of nitrogens with one attached hydrogen (secondary N) is 1. The second-order valence-electron chi connectivity index (χ2n) is 4.91. The standard InChI is InChI=1S/C10H21N3O/c1-6-8(11)5-4-7(9(14)13-12)10(6,2)3/h6-8H,4-5,11-12H2,1-3H3,(H,13,14). The number of hydrogen-bond donors (Lipinski definition) is 3. The minimum Gasteiger partial charge on any atom is -0.327 e. The Hall–Kier alpha value is -0.610. The van der Waals surface area contributed by atoms with Crippen molar-refractivity contribution in [2.45, 2.75) is 39.7 Å². The first-order chi connectivity index (χ1) is 6.41. The Bertz CT molecular complexity index is 227. The van der Waals surface area contributed by atoms with Crippen LogP contribution in [0, 0.1) is 17.3 Å². The van der Waals surface area contributed by atoms with Gasteiger partial charge in [0.1, 0.15) is 0 Å². The van der Waals surface area contributed by atoms with Crippen LogP contribution in [0.4, 0.5) is 0 Å². The summed E-state index contributed by atoms with van der Waals surface area (Å²) in [5, 5.41) is 0. The average Bonchev–Trinajstić information content (AvgIpc) is 2.13. The molecule has 0 radical (unpaired) electrons. The number of rotatable bonds is 1. The monoisotopic (exact) mass is 199 g/mol. The fourth-order valence-corrected chi connectivity index (χ4v) is 2.42. The van der Waals surface area contributed by atoms with Crippen molar-refractivity contribution in [3.8, 4) is 0 Å². The Morgan fingerprint density at radius 3 is 2.50 bits per heavy atom. The summed E-state index contributed by atoms with van der Waals surface area (Å²) in [5.41, 5.74) is 8.17. The highest BCUT2D eigenvalue weighted by Crippen LogP contribution is 2.44. The van der Waals surface area contributed by atoms with Gasteiger partial charge in [-0.2, -0.15) is 0 Å². The molecule has 0 aromatic rings. The van der Waals surface area contributed by atoms with Crippen molar-refractivity contribution in [2.24, 2.45) is 28.8 Å². The van der Waals surface area contributed by atoms with Crippen LogP contribution in [0.2, 0.25) is 0 Å². The number of nitrogens with two attached hydrogens (primary N) is 2. The molecular weight excluding hydrogens is 178 g/mol. The minimum absolute atomic E-state index is 0.0118. The predicted octanol–water partition coefficient (Wildman–Crippen LogP) is 0.376. The van der Waals surface area contributed by atoms with Crippen LogP contribution in [0.3, 0.4) is 0 Å². The molecule has 0 aliphatic heterocycles. The molecule has 82 valence electrons. The van der Waals surface area contributed by atoms with Crippen molar-refractivity contribution in [2.75, 3.05) is 0 Å². The van der Waals surface area contributed by atoms with Gasteiger partial charge in [-0.3, -0.25) is 10.2 Å². The molecule has 4 nitrogen and oxygen atoms in total. The van der Waals surface area contributed by atoms with E-state index in [0.717, 1.165) is 12.8 Å². The van der Waals surface area contributed by atoms with Gasteiger partial charge >= 0.3 is 0 Å². The third-order valence-corrected chi connectivity index (χ3v) is 3.96. The maximum Gasteiger partial charge on any atom is 0.237 e. The molecule has 1 rings (SSSR count). The van der Waals surface area contributed by atoms with Gasteiger partial charge in [-0.05, 0) is 24.2 Å². The van der Waals surface area contributed by atoms with Crippen LogP contribution in [-0.4, -0.2) is 11.9 Å². The van der Waals surface area contributed by atoms with Crippen molar-refractivity contribution in [1.29, 1.82) is 0 Å². The van der Waals surface area contributed by atoms with Gasteiger partial charge in [-0.25, -0.2) is 5.84 Å². The summed E-state index contributed by atoms with van der Waals surface area (Å²) in [4.78, 5) is 11.6. The molecule has 1 amide bonds. The van der Waals surface area contributed by atoms with Crippen LogP contribution in [0.5, 0.6) is 0 Å². The summed E-state index contributed by atoms with van der Waals surface area (Å²) in [5.74, 6) is 5.45. The smallest absolute Gasteiger partial charge is 0.237 e. The molecule has 0 spiro atoms. The number of hydrogen-bond acceptors (Lipinski definition) is 3. The van der Waals surface area contributed by atoms with E-state index in [2.05, 4.69) is 26.2 Å². The summed E-state index contributed by atoms with van der Waals surface area (Å²) in [6.45, 7) is 6.30. The molecule has 4 heteroatoms. The van der Waals surface area contributed by atoms with Gasteiger partial charge in [0.15, 0.2) is 0 Å². The zero-order chi connectivity index (χ0) is 10.9. The quantitative estimate of drug-likeness (QED) is 0.324. The highest BCUT2D eigenvalue weighted by atomic mass is 16.2. The van der Waals surface area contributed by atoms with E-state index < -0.39 is 0 Å². The van der Waals surface area contributed by atoms with E-state index >= 15 is 0 Å². The van der Waals surface area contributed by atoms with Gasteiger partial charge in [-0.1, -0.05) is 20.8 Å². The van der Waals surface area contributed by atoms with E-state index in [-0.39, 0.29) is 23.3 Å². The topological polar surface area (TPSA) is 81.1 Å². The second-order valence-corrected chi connectivity index (χ2v) is 4.91. The third kappa shape index (κ3) is 1.77. The van der Waals surface area contributed by atoms with Crippen molar-refractivity contribution >= 4 is 5.91 Å². The fourth-order valence-electron chi connectivity index (χ4n) is 2.42. The zero-order valence-corrected chi connectivity index (χ0v) is 9.21. The van der Waals surface area contributed by atoms with E-state index in [0.29, 0.717) is 5.92 Å². The zero-order valence-electron chi connectivity index (χ0n) is 9.21. The van der Waals surface area contributed by atoms with Crippen LogP contribution < -0.4 is 17.0 Å². The number of carbonyl (C=O) groups is 1. The molecule has 1 aliphatic carbocycles. The van der Waals surface area contributed by atoms with Crippen LogP contribution in [0.15, 0.2) is 0 Å². The van der Waals surface area contributed by atoms with E-state index in [1.807, 2.05) is 0 Å². The average molecular weight is 199 g/mol. The summed E-state index contributed by atoms with van der Waals surface area (Å²) in [6, 6.07) is 0.201. The molecule has 14 heavy (non-hydrogen) atoms. The molecule has 0 aromatic heterocycles. The summed E-state index contributed by atoms with van der Waals surface area (Å²) >= 11 is 0. The lowest BCUT2D eigenvalue weighted by Gasteiger charge is -2.45. The predicted molar refractivity (Wildman–Crippen MR) is 56.0 cm³/mol. The molecule has 1 fully saturated rings. The van der Waals surface area contributed by atoms with Crippen molar-refractivity contribution in [3.05, 3.63) is 0 Å². The highest BCUT2D eigenvalue weighted by molar-refractivity contribution is 5.79. The van der Waals surface area contributed by atoms with Crippen LogP contribution >= 0.6 is 0 Å². The lowest BCUT2D eigenvalue weighted by Crippen LogP contribution is -2.52. The Labute approximate surface area is 85.4 Å².